The van der Waals surface area contributed by atoms with Crippen LogP contribution in [0.4, 0.5) is 0 Å². The lowest BCUT2D eigenvalue weighted by Crippen LogP contribution is -2.63. The molecule has 9 nitrogen and oxygen atoms in total. The van der Waals surface area contributed by atoms with Gasteiger partial charge in [-0.25, -0.2) is 14.4 Å². The van der Waals surface area contributed by atoms with E-state index in [-0.39, 0.29) is 23.3 Å². The third-order valence-corrected chi connectivity index (χ3v) is 6.21. The zero-order valence-corrected chi connectivity index (χ0v) is 22.3. The van der Waals surface area contributed by atoms with Crippen LogP contribution in [-0.2, 0) is 23.7 Å². The van der Waals surface area contributed by atoms with Gasteiger partial charge in [-0.05, 0) is 36.4 Å². The van der Waals surface area contributed by atoms with Gasteiger partial charge in [-0.15, -0.1) is 0 Å². The monoisotopic (exact) mass is 598 g/mol. The van der Waals surface area contributed by atoms with Crippen molar-refractivity contribution < 1.29 is 43.2 Å². The van der Waals surface area contributed by atoms with E-state index in [1.165, 1.54) is 0 Å². The van der Waals surface area contributed by atoms with E-state index in [4.69, 9.17) is 23.7 Å². The Morgan fingerprint density at radius 1 is 0.667 bits per heavy atom. The molecule has 0 amide bonds. The fraction of sp³-hybridized carbons (Fsp3) is 0.276. The highest BCUT2D eigenvalue weighted by Gasteiger charge is 2.53. The number of hydrogen-bond acceptors (Lipinski definition) is 9. The fourth-order valence-electron chi connectivity index (χ4n) is 4.02. The van der Waals surface area contributed by atoms with Gasteiger partial charge in [0.05, 0.1) is 29.9 Å². The average Bonchev–Trinajstić information content (AvgIpc) is 2.99. The lowest BCUT2D eigenvalue weighted by Gasteiger charge is -2.44. The molecule has 1 N–H and O–H groups in total. The minimum atomic E-state index is -1.38. The van der Waals surface area contributed by atoms with Gasteiger partial charge in [0.1, 0.15) is 6.10 Å². The van der Waals surface area contributed by atoms with Crippen LogP contribution in [0.25, 0.3) is 0 Å². The minimum Gasteiger partial charge on any atom is -0.452 e. The number of aliphatic hydroxyl groups is 1. The van der Waals surface area contributed by atoms with Crippen LogP contribution in [0.3, 0.4) is 0 Å². The molecule has 1 saturated heterocycles. The van der Waals surface area contributed by atoms with Gasteiger partial charge < -0.3 is 28.8 Å². The standard InChI is InChI=1S/C29H27BrO9/c30-16-17-35-29-25(39-28(34)21-14-8-3-9-15-21)24(38-27(33)20-12-6-2-7-13-20)23(22(18-31)36-29)37-26(32)19-10-4-1-5-11-19/h1-15,22-25,29,31H,16-18H2/t22-,23-,24+,25-,29-/m1/s1. The molecule has 4 rings (SSSR count). The van der Waals surface area contributed by atoms with Crippen LogP contribution in [0, 0.1) is 0 Å². The van der Waals surface area contributed by atoms with Gasteiger partial charge in [0.2, 0.25) is 0 Å². The highest BCUT2D eigenvalue weighted by atomic mass is 79.9. The third-order valence-electron chi connectivity index (χ3n) is 5.89. The lowest BCUT2D eigenvalue weighted by atomic mass is 9.97. The van der Waals surface area contributed by atoms with Crippen LogP contribution in [0.15, 0.2) is 91.0 Å². The number of ether oxygens (including phenoxy) is 5. The summed E-state index contributed by atoms with van der Waals surface area (Å²) >= 11 is 3.28. The average molecular weight is 599 g/mol. The van der Waals surface area contributed by atoms with Gasteiger partial charge >= 0.3 is 17.9 Å². The summed E-state index contributed by atoms with van der Waals surface area (Å²) in [5.41, 5.74) is 0.702. The summed E-state index contributed by atoms with van der Waals surface area (Å²) in [5, 5.41) is 10.6. The predicted molar refractivity (Wildman–Crippen MR) is 142 cm³/mol. The zero-order valence-electron chi connectivity index (χ0n) is 20.8. The molecule has 204 valence electrons. The molecular weight excluding hydrogens is 572 g/mol. The molecule has 0 saturated carbocycles. The summed E-state index contributed by atoms with van der Waals surface area (Å²) in [7, 11) is 0. The van der Waals surface area contributed by atoms with E-state index in [0.717, 1.165) is 0 Å². The van der Waals surface area contributed by atoms with Crippen LogP contribution in [0.1, 0.15) is 31.1 Å². The topological polar surface area (TPSA) is 118 Å². The quantitative estimate of drug-likeness (QED) is 0.211. The van der Waals surface area contributed by atoms with Crippen molar-refractivity contribution in [3.05, 3.63) is 108 Å². The number of benzene rings is 3. The van der Waals surface area contributed by atoms with Gasteiger partial charge in [0.15, 0.2) is 24.6 Å². The van der Waals surface area contributed by atoms with Gasteiger partial charge in [-0.1, -0.05) is 70.5 Å². The number of alkyl halides is 1. The molecule has 39 heavy (non-hydrogen) atoms. The van der Waals surface area contributed by atoms with Gasteiger partial charge in [-0.2, -0.15) is 0 Å². The second-order valence-electron chi connectivity index (χ2n) is 8.49. The Morgan fingerprint density at radius 3 is 1.49 bits per heavy atom. The number of carbonyl (C=O) groups is 3. The van der Waals surface area contributed by atoms with E-state index in [1.54, 1.807) is 91.0 Å². The van der Waals surface area contributed by atoms with Crippen molar-refractivity contribution in [3.8, 4) is 0 Å². The molecule has 0 aromatic heterocycles. The lowest BCUT2D eigenvalue weighted by molar-refractivity contribution is -0.297. The summed E-state index contributed by atoms with van der Waals surface area (Å²) in [6.07, 6.45) is -6.47. The minimum absolute atomic E-state index is 0.149. The van der Waals surface area contributed by atoms with Crippen molar-refractivity contribution in [1.29, 1.82) is 0 Å². The maximum Gasteiger partial charge on any atom is 0.338 e. The molecule has 1 fully saturated rings. The summed E-state index contributed by atoms with van der Waals surface area (Å²) in [4.78, 5) is 39.3. The first kappa shape index (κ1) is 28.4. The number of carbonyl (C=O) groups excluding carboxylic acids is 3. The molecule has 3 aromatic rings. The van der Waals surface area contributed by atoms with E-state index in [0.29, 0.717) is 5.33 Å². The summed E-state index contributed by atoms with van der Waals surface area (Å²) in [6, 6.07) is 24.6. The Labute approximate surface area is 233 Å². The summed E-state index contributed by atoms with van der Waals surface area (Å²) < 4.78 is 29.1. The van der Waals surface area contributed by atoms with Crippen molar-refractivity contribution in [3.63, 3.8) is 0 Å². The van der Waals surface area contributed by atoms with E-state index in [1.807, 2.05) is 0 Å². The first-order valence-electron chi connectivity index (χ1n) is 12.2. The van der Waals surface area contributed by atoms with Gasteiger partial charge in [-0.3, -0.25) is 0 Å². The number of rotatable bonds is 10. The molecule has 1 aliphatic rings. The molecule has 5 atom stereocenters. The van der Waals surface area contributed by atoms with E-state index in [2.05, 4.69) is 15.9 Å². The van der Waals surface area contributed by atoms with Crippen LogP contribution in [-0.4, -0.2) is 72.3 Å². The van der Waals surface area contributed by atoms with Crippen LogP contribution in [0.5, 0.6) is 0 Å². The number of esters is 3. The molecule has 0 spiro atoms. The van der Waals surface area contributed by atoms with E-state index in [9.17, 15) is 19.5 Å². The Morgan fingerprint density at radius 2 is 1.08 bits per heavy atom. The third kappa shape index (κ3) is 7.30. The molecule has 0 radical (unpaired) electrons. The highest BCUT2D eigenvalue weighted by molar-refractivity contribution is 9.09. The summed E-state index contributed by atoms with van der Waals surface area (Å²) in [5.74, 6) is -2.22. The van der Waals surface area contributed by atoms with E-state index >= 15 is 0 Å². The van der Waals surface area contributed by atoms with Gasteiger partial charge in [0, 0.05) is 5.33 Å². The van der Waals surface area contributed by atoms with Crippen LogP contribution >= 0.6 is 15.9 Å². The molecular formula is C29H27BrO9. The molecule has 1 heterocycles. The molecule has 0 unspecified atom stereocenters. The maximum absolute atomic E-state index is 13.2. The second kappa shape index (κ2) is 14.0. The van der Waals surface area contributed by atoms with Crippen LogP contribution < -0.4 is 0 Å². The number of hydrogen-bond donors (Lipinski definition) is 1. The number of aliphatic hydroxyl groups excluding tert-OH is 1. The first-order chi connectivity index (χ1) is 19.0. The van der Waals surface area contributed by atoms with Crippen molar-refractivity contribution in [2.75, 3.05) is 18.5 Å². The Kier molecular flexibility index (Phi) is 10.2. The second-order valence-corrected chi connectivity index (χ2v) is 9.29. The Hall–Kier alpha value is -3.57. The normalized spacial score (nSPS) is 22.5. The molecule has 3 aromatic carbocycles. The van der Waals surface area contributed by atoms with Crippen molar-refractivity contribution >= 4 is 33.8 Å². The summed E-state index contributed by atoms with van der Waals surface area (Å²) in [6.45, 7) is -0.449. The molecule has 0 bridgehead atoms. The molecule has 1 aliphatic heterocycles. The van der Waals surface area contributed by atoms with E-state index < -0.39 is 55.2 Å². The van der Waals surface area contributed by atoms with Crippen LogP contribution in [0.2, 0.25) is 0 Å². The Balaban J connectivity index is 1.71. The van der Waals surface area contributed by atoms with Crippen molar-refractivity contribution in [2.24, 2.45) is 0 Å². The van der Waals surface area contributed by atoms with Crippen molar-refractivity contribution in [2.45, 2.75) is 30.7 Å². The van der Waals surface area contributed by atoms with Gasteiger partial charge in [0.25, 0.3) is 0 Å². The highest BCUT2D eigenvalue weighted by Crippen LogP contribution is 2.31. The van der Waals surface area contributed by atoms with Crippen molar-refractivity contribution in [1.82, 2.24) is 0 Å². The largest absolute Gasteiger partial charge is 0.452 e. The predicted octanol–water partition coefficient (Wildman–Crippen LogP) is 3.79. The maximum atomic E-state index is 13.2. The molecule has 0 aliphatic carbocycles. The number of halogens is 1. The smallest absolute Gasteiger partial charge is 0.338 e. The fourth-order valence-corrected chi connectivity index (χ4v) is 4.21. The Bertz CT molecular complexity index is 1220. The zero-order chi connectivity index (χ0) is 27.6. The molecule has 10 heteroatoms. The first-order valence-corrected chi connectivity index (χ1v) is 13.4. The SMILES string of the molecule is O=C(O[C@@H]1[C@@H](OC(=O)c2ccccc2)[C@H](OCCBr)O[C@H](CO)[C@H]1OC(=O)c1ccccc1)c1ccccc1.